The molecule has 0 aliphatic carbocycles. The summed E-state index contributed by atoms with van der Waals surface area (Å²) in [5.74, 6) is 0.339. The van der Waals surface area contributed by atoms with E-state index in [1.807, 2.05) is 19.1 Å². The number of carbonyl (C=O) groups is 1. The average Bonchev–Trinajstić information content (AvgIpc) is 2.96. The topological polar surface area (TPSA) is 49.8 Å². The Morgan fingerprint density at radius 3 is 2.61 bits per heavy atom. The van der Waals surface area contributed by atoms with Gasteiger partial charge >= 0.3 is 0 Å². The first-order chi connectivity index (χ1) is 13.5. The minimum atomic E-state index is -0.137. The number of nitrogens with zero attached hydrogens (tertiary/aromatic N) is 1. The van der Waals surface area contributed by atoms with Crippen LogP contribution in [0, 0.1) is 0 Å². The monoisotopic (exact) mass is 413 g/mol. The van der Waals surface area contributed by atoms with Crippen LogP contribution in [-0.2, 0) is 11.2 Å². The van der Waals surface area contributed by atoms with E-state index >= 15 is 0 Å². The molecule has 0 atom stereocenters. The van der Waals surface area contributed by atoms with Gasteiger partial charge in [0.05, 0.1) is 17.2 Å². The number of phenolic OH excluding ortho intramolecular Hbond substituents is 1. The zero-order chi connectivity index (χ0) is 20.1. The molecule has 2 aromatic carbocycles. The lowest BCUT2D eigenvalue weighted by Gasteiger charge is -2.15. The van der Waals surface area contributed by atoms with Crippen molar-refractivity contribution in [2.24, 2.45) is 0 Å². The summed E-state index contributed by atoms with van der Waals surface area (Å²) in [6, 6.07) is 13.0. The number of carbonyl (C=O) groups excluding carboxylic acids is 1. The van der Waals surface area contributed by atoms with Gasteiger partial charge < -0.3 is 9.84 Å². The van der Waals surface area contributed by atoms with Gasteiger partial charge in [0.2, 0.25) is 0 Å². The number of unbranched alkanes of at least 4 members (excludes halogenated alkanes) is 1. The molecule has 0 bridgehead atoms. The molecule has 3 rings (SSSR count). The predicted octanol–water partition coefficient (Wildman–Crippen LogP) is 5.54. The lowest BCUT2D eigenvalue weighted by molar-refractivity contribution is -0.113. The standard InChI is InChI=1S/C22H23NO3S2/c1-3-5-6-15-7-10-17(11-8-15)23-21(25)20(28-22(23)27)14-16-9-12-18(24)19(13-16)26-4-2/h7-14,24H,3-6H2,1-2H3/b20-14-. The van der Waals surface area contributed by atoms with Crippen LogP contribution in [0.2, 0.25) is 0 Å². The minimum Gasteiger partial charge on any atom is -0.504 e. The van der Waals surface area contributed by atoms with Crippen LogP contribution in [0.15, 0.2) is 47.4 Å². The van der Waals surface area contributed by atoms with Crippen LogP contribution in [0.5, 0.6) is 11.5 Å². The number of aryl methyl sites for hydroxylation is 1. The number of phenols is 1. The fourth-order valence-corrected chi connectivity index (χ4v) is 4.22. The average molecular weight is 414 g/mol. The molecule has 1 fully saturated rings. The van der Waals surface area contributed by atoms with Crippen molar-refractivity contribution in [3.8, 4) is 11.5 Å². The summed E-state index contributed by atoms with van der Waals surface area (Å²) in [5.41, 5.74) is 2.82. The number of thiocarbonyl (C=S) groups is 1. The maximum absolute atomic E-state index is 12.9. The summed E-state index contributed by atoms with van der Waals surface area (Å²) in [6.45, 7) is 4.48. The van der Waals surface area contributed by atoms with E-state index in [2.05, 4.69) is 19.1 Å². The summed E-state index contributed by atoms with van der Waals surface area (Å²) in [6.07, 6.45) is 5.12. The zero-order valence-corrected chi connectivity index (χ0v) is 17.6. The highest BCUT2D eigenvalue weighted by Gasteiger charge is 2.33. The molecule has 1 saturated heterocycles. The van der Waals surface area contributed by atoms with Crippen molar-refractivity contribution in [1.29, 1.82) is 0 Å². The van der Waals surface area contributed by atoms with Gasteiger partial charge in [0.15, 0.2) is 15.8 Å². The number of aromatic hydroxyl groups is 1. The van der Waals surface area contributed by atoms with E-state index in [0.29, 0.717) is 21.6 Å². The van der Waals surface area contributed by atoms with Gasteiger partial charge in [0.25, 0.3) is 5.91 Å². The highest BCUT2D eigenvalue weighted by molar-refractivity contribution is 8.27. The SMILES string of the molecule is CCCCc1ccc(N2C(=O)/C(=C/c3ccc(O)c(OCC)c3)SC2=S)cc1. The predicted molar refractivity (Wildman–Crippen MR) is 120 cm³/mol. The van der Waals surface area contributed by atoms with Crippen LogP contribution >= 0.6 is 24.0 Å². The molecule has 0 radical (unpaired) electrons. The second-order valence-electron chi connectivity index (χ2n) is 6.45. The number of benzene rings is 2. The van der Waals surface area contributed by atoms with Crippen molar-refractivity contribution in [3.05, 3.63) is 58.5 Å². The molecule has 0 saturated carbocycles. The lowest BCUT2D eigenvalue weighted by Crippen LogP contribution is -2.27. The van der Waals surface area contributed by atoms with E-state index < -0.39 is 0 Å². The van der Waals surface area contributed by atoms with Crippen LogP contribution in [0.4, 0.5) is 5.69 Å². The fourth-order valence-electron chi connectivity index (χ4n) is 2.93. The van der Waals surface area contributed by atoms with Crippen molar-refractivity contribution in [1.82, 2.24) is 0 Å². The largest absolute Gasteiger partial charge is 0.504 e. The molecule has 6 heteroatoms. The van der Waals surface area contributed by atoms with E-state index in [1.165, 1.54) is 17.3 Å². The Kier molecular flexibility index (Phi) is 6.75. The van der Waals surface area contributed by atoms with Gasteiger partial charge in [-0.25, -0.2) is 0 Å². The summed E-state index contributed by atoms with van der Waals surface area (Å²) in [4.78, 5) is 15.0. The zero-order valence-electron chi connectivity index (χ0n) is 16.0. The van der Waals surface area contributed by atoms with E-state index in [1.54, 1.807) is 29.2 Å². The summed E-state index contributed by atoms with van der Waals surface area (Å²) >= 11 is 6.72. The third-order valence-corrected chi connectivity index (χ3v) is 5.69. The molecule has 0 unspecified atom stereocenters. The number of amides is 1. The van der Waals surface area contributed by atoms with Crippen molar-refractivity contribution in [2.75, 3.05) is 11.5 Å². The highest BCUT2D eigenvalue weighted by atomic mass is 32.2. The molecule has 1 amide bonds. The lowest BCUT2D eigenvalue weighted by atomic mass is 10.1. The van der Waals surface area contributed by atoms with Crippen LogP contribution in [0.25, 0.3) is 6.08 Å². The maximum Gasteiger partial charge on any atom is 0.270 e. The van der Waals surface area contributed by atoms with Crippen molar-refractivity contribution < 1.29 is 14.6 Å². The van der Waals surface area contributed by atoms with Gasteiger partial charge in [0.1, 0.15) is 0 Å². The number of hydrogen-bond acceptors (Lipinski definition) is 5. The van der Waals surface area contributed by atoms with Crippen molar-refractivity contribution >= 4 is 46.0 Å². The molecule has 28 heavy (non-hydrogen) atoms. The smallest absolute Gasteiger partial charge is 0.270 e. The number of hydrogen-bond donors (Lipinski definition) is 1. The number of ether oxygens (including phenoxy) is 1. The molecule has 0 aromatic heterocycles. The van der Waals surface area contributed by atoms with Gasteiger partial charge in [-0.05, 0) is 61.2 Å². The first-order valence-electron chi connectivity index (χ1n) is 9.36. The van der Waals surface area contributed by atoms with E-state index in [-0.39, 0.29) is 11.7 Å². The van der Waals surface area contributed by atoms with Crippen LogP contribution < -0.4 is 9.64 Å². The fraction of sp³-hybridized carbons (Fsp3) is 0.273. The third kappa shape index (κ3) is 4.56. The number of rotatable bonds is 7. The number of anilines is 1. The molecule has 1 N–H and O–H groups in total. The Morgan fingerprint density at radius 2 is 1.93 bits per heavy atom. The van der Waals surface area contributed by atoms with Crippen LogP contribution in [0.3, 0.4) is 0 Å². The summed E-state index contributed by atoms with van der Waals surface area (Å²) in [7, 11) is 0. The normalized spacial score (nSPS) is 15.5. The van der Waals surface area contributed by atoms with Gasteiger partial charge in [-0.1, -0.05) is 55.5 Å². The first kappa shape index (κ1) is 20.4. The van der Waals surface area contributed by atoms with Crippen LogP contribution in [0.1, 0.15) is 37.8 Å². The van der Waals surface area contributed by atoms with Gasteiger partial charge in [-0.3, -0.25) is 9.69 Å². The molecular formula is C22H23NO3S2. The quantitative estimate of drug-likeness (QED) is 0.477. The Hall–Kier alpha value is -2.31. The molecule has 2 aromatic rings. The first-order valence-corrected chi connectivity index (χ1v) is 10.6. The summed E-state index contributed by atoms with van der Waals surface area (Å²) < 4.78 is 5.93. The summed E-state index contributed by atoms with van der Waals surface area (Å²) in [5, 5.41) is 9.84. The minimum absolute atomic E-state index is 0.0784. The Bertz CT molecular complexity index is 906. The second-order valence-corrected chi connectivity index (χ2v) is 8.12. The second kappa shape index (κ2) is 9.26. The Morgan fingerprint density at radius 1 is 1.18 bits per heavy atom. The van der Waals surface area contributed by atoms with Gasteiger partial charge in [0, 0.05) is 0 Å². The molecule has 1 aliphatic rings. The van der Waals surface area contributed by atoms with Gasteiger partial charge in [-0.2, -0.15) is 0 Å². The van der Waals surface area contributed by atoms with E-state index in [9.17, 15) is 9.90 Å². The molecule has 1 heterocycles. The maximum atomic E-state index is 12.9. The molecule has 146 valence electrons. The van der Waals surface area contributed by atoms with E-state index in [4.69, 9.17) is 17.0 Å². The Labute approximate surface area is 175 Å². The Balaban J connectivity index is 1.81. The molecular weight excluding hydrogens is 390 g/mol. The molecule has 0 spiro atoms. The molecule has 1 aliphatic heterocycles. The van der Waals surface area contributed by atoms with Crippen molar-refractivity contribution in [2.45, 2.75) is 33.1 Å². The molecule has 4 nitrogen and oxygen atoms in total. The van der Waals surface area contributed by atoms with Gasteiger partial charge in [-0.15, -0.1) is 0 Å². The van der Waals surface area contributed by atoms with Crippen LogP contribution in [-0.4, -0.2) is 21.9 Å². The highest BCUT2D eigenvalue weighted by Crippen LogP contribution is 2.37. The number of thioether (sulfide) groups is 1. The van der Waals surface area contributed by atoms with Crippen molar-refractivity contribution in [3.63, 3.8) is 0 Å². The van der Waals surface area contributed by atoms with E-state index in [0.717, 1.165) is 30.5 Å². The third-order valence-electron chi connectivity index (χ3n) is 4.39.